The van der Waals surface area contributed by atoms with Gasteiger partial charge in [-0.05, 0) is 24.3 Å². The SMILES string of the molecule is C=CCOS(=O)(=O)c1ccccc1.C=CCOS(=O)(=O)c1ccccc1. The van der Waals surface area contributed by atoms with Gasteiger partial charge < -0.3 is 0 Å². The summed E-state index contributed by atoms with van der Waals surface area (Å²) in [5.41, 5.74) is 0. The van der Waals surface area contributed by atoms with Crippen LogP contribution < -0.4 is 0 Å². The molecular formula is C18H20O6S2. The van der Waals surface area contributed by atoms with Crippen LogP contribution in [0.3, 0.4) is 0 Å². The summed E-state index contributed by atoms with van der Waals surface area (Å²) in [5.74, 6) is 0. The number of hydrogen-bond acceptors (Lipinski definition) is 6. The Labute approximate surface area is 154 Å². The van der Waals surface area contributed by atoms with Crippen LogP contribution in [0.25, 0.3) is 0 Å². The van der Waals surface area contributed by atoms with Gasteiger partial charge in [-0.1, -0.05) is 48.6 Å². The Kier molecular flexibility index (Phi) is 8.94. The van der Waals surface area contributed by atoms with E-state index in [1.807, 2.05) is 0 Å². The van der Waals surface area contributed by atoms with Gasteiger partial charge in [0.2, 0.25) is 0 Å². The van der Waals surface area contributed by atoms with Crippen molar-refractivity contribution in [3.8, 4) is 0 Å². The lowest BCUT2D eigenvalue weighted by Gasteiger charge is -2.01. The first-order valence-corrected chi connectivity index (χ1v) is 10.3. The van der Waals surface area contributed by atoms with Crippen LogP contribution in [0.15, 0.2) is 95.8 Å². The van der Waals surface area contributed by atoms with Gasteiger partial charge in [0.25, 0.3) is 20.2 Å². The van der Waals surface area contributed by atoms with Crippen molar-refractivity contribution >= 4 is 20.2 Å². The van der Waals surface area contributed by atoms with Gasteiger partial charge in [-0.25, -0.2) is 0 Å². The van der Waals surface area contributed by atoms with Crippen LogP contribution >= 0.6 is 0 Å². The monoisotopic (exact) mass is 396 g/mol. The molecule has 0 amide bonds. The molecule has 26 heavy (non-hydrogen) atoms. The Morgan fingerprint density at radius 1 is 0.654 bits per heavy atom. The number of rotatable bonds is 8. The van der Waals surface area contributed by atoms with Gasteiger partial charge in [-0.15, -0.1) is 13.2 Å². The van der Waals surface area contributed by atoms with Crippen LogP contribution in [0, 0.1) is 0 Å². The molecule has 0 radical (unpaired) electrons. The fourth-order valence-corrected chi connectivity index (χ4v) is 3.39. The van der Waals surface area contributed by atoms with E-state index in [2.05, 4.69) is 21.5 Å². The van der Waals surface area contributed by atoms with E-state index in [-0.39, 0.29) is 23.0 Å². The predicted octanol–water partition coefficient (Wildman–Crippen LogP) is 3.16. The summed E-state index contributed by atoms with van der Waals surface area (Å²) in [6.07, 6.45) is 2.78. The fraction of sp³-hybridized carbons (Fsp3) is 0.111. The Hall–Kier alpha value is -2.26. The largest absolute Gasteiger partial charge is 0.297 e. The zero-order valence-corrected chi connectivity index (χ0v) is 15.7. The van der Waals surface area contributed by atoms with E-state index in [1.54, 1.807) is 36.4 Å². The van der Waals surface area contributed by atoms with Gasteiger partial charge in [0.15, 0.2) is 0 Å². The number of hydrogen-bond donors (Lipinski definition) is 0. The minimum atomic E-state index is -3.59. The van der Waals surface area contributed by atoms with E-state index in [4.69, 9.17) is 0 Å². The molecule has 0 aliphatic carbocycles. The summed E-state index contributed by atoms with van der Waals surface area (Å²) in [6, 6.07) is 16.0. The van der Waals surface area contributed by atoms with Gasteiger partial charge in [0.05, 0.1) is 23.0 Å². The highest BCUT2D eigenvalue weighted by molar-refractivity contribution is 7.87. The highest BCUT2D eigenvalue weighted by Gasteiger charge is 2.13. The molecule has 0 bridgehead atoms. The van der Waals surface area contributed by atoms with Crippen molar-refractivity contribution in [2.24, 2.45) is 0 Å². The molecule has 2 aromatic rings. The molecule has 0 saturated carbocycles. The molecule has 140 valence electrons. The second-order valence-corrected chi connectivity index (χ2v) is 7.91. The first-order chi connectivity index (χ1) is 12.3. The number of benzene rings is 2. The second-order valence-electron chi connectivity index (χ2n) is 4.68. The molecule has 0 saturated heterocycles. The Bertz CT molecular complexity index is 812. The molecule has 0 fully saturated rings. The summed E-state index contributed by atoms with van der Waals surface area (Å²) in [5, 5.41) is 0. The summed E-state index contributed by atoms with van der Waals surface area (Å²) in [7, 11) is -7.19. The van der Waals surface area contributed by atoms with Crippen molar-refractivity contribution in [1.82, 2.24) is 0 Å². The standard InChI is InChI=1S/2C9H10O3S/c2*1-2-8-12-13(10,11)9-6-4-3-5-7-9/h2*2-7H,1,8H2. The van der Waals surface area contributed by atoms with Gasteiger partial charge >= 0.3 is 0 Å². The zero-order valence-electron chi connectivity index (χ0n) is 14.0. The molecule has 0 aliphatic rings. The van der Waals surface area contributed by atoms with E-state index in [0.29, 0.717) is 0 Å². The predicted molar refractivity (Wildman–Crippen MR) is 99.6 cm³/mol. The summed E-state index contributed by atoms with van der Waals surface area (Å²) < 4.78 is 54.5. The van der Waals surface area contributed by atoms with E-state index < -0.39 is 20.2 Å². The lowest BCUT2D eigenvalue weighted by Crippen LogP contribution is -2.05. The maximum atomic E-state index is 11.3. The third kappa shape index (κ3) is 7.32. The molecule has 0 atom stereocenters. The van der Waals surface area contributed by atoms with Crippen LogP contribution in [0.2, 0.25) is 0 Å². The van der Waals surface area contributed by atoms with Gasteiger partial charge in [0.1, 0.15) is 0 Å². The molecule has 0 heterocycles. The third-order valence-electron chi connectivity index (χ3n) is 2.75. The van der Waals surface area contributed by atoms with E-state index in [9.17, 15) is 16.8 Å². The van der Waals surface area contributed by atoms with Crippen LogP contribution in [-0.4, -0.2) is 30.0 Å². The van der Waals surface area contributed by atoms with Crippen molar-refractivity contribution in [1.29, 1.82) is 0 Å². The maximum absolute atomic E-state index is 11.3. The third-order valence-corrected chi connectivity index (χ3v) is 5.34. The van der Waals surface area contributed by atoms with E-state index in [0.717, 1.165) is 0 Å². The average Bonchev–Trinajstić information content (AvgIpc) is 2.67. The Morgan fingerprint density at radius 2 is 0.962 bits per heavy atom. The molecule has 8 heteroatoms. The molecule has 0 aromatic heterocycles. The van der Waals surface area contributed by atoms with Gasteiger partial charge in [0, 0.05) is 0 Å². The zero-order chi connectivity index (χ0) is 19.5. The van der Waals surface area contributed by atoms with Gasteiger partial charge in [-0.3, -0.25) is 8.37 Å². The van der Waals surface area contributed by atoms with Crippen LogP contribution in [0.5, 0.6) is 0 Å². The van der Waals surface area contributed by atoms with E-state index >= 15 is 0 Å². The highest BCUT2D eigenvalue weighted by Crippen LogP contribution is 2.11. The van der Waals surface area contributed by atoms with Crippen LogP contribution in [-0.2, 0) is 28.6 Å². The first-order valence-electron chi connectivity index (χ1n) is 7.44. The maximum Gasteiger partial charge on any atom is 0.297 e. The molecule has 6 nitrogen and oxygen atoms in total. The smallest absolute Gasteiger partial charge is 0.262 e. The van der Waals surface area contributed by atoms with Crippen molar-refractivity contribution in [2.45, 2.75) is 9.79 Å². The lowest BCUT2D eigenvalue weighted by atomic mass is 10.4. The molecule has 0 N–H and O–H groups in total. The molecule has 0 aliphatic heterocycles. The second kappa shape index (κ2) is 10.7. The highest BCUT2D eigenvalue weighted by atomic mass is 32.2. The average molecular weight is 396 g/mol. The summed E-state index contributed by atoms with van der Waals surface area (Å²) >= 11 is 0. The van der Waals surface area contributed by atoms with Crippen molar-refractivity contribution in [3.05, 3.63) is 86.0 Å². The first kappa shape index (κ1) is 21.8. The normalized spacial score (nSPS) is 11.1. The van der Waals surface area contributed by atoms with Gasteiger partial charge in [-0.2, -0.15) is 16.8 Å². The molecule has 2 aromatic carbocycles. The van der Waals surface area contributed by atoms with Crippen LogP contribution in [0.1, 0.15) is 0 Å². The lowest BCUT2D eigenvalue weighted by molar-refractivity contribution is 0.356. The molecular weight excluding hydrogens is 376 g/mol. The van der Waals surface area contributed by atoms with Crippen LogP contribution in [0.4, 0.5) is 0 Å². The molecule has 0 spiro atoms. The van der Waals surface area contributed by atoms with Crippen molar-refractivity contribution in [3.63, 3.8) is 0 Å². The summed E-state index contributed by atoms with van der Waals surface area (Å²) in [6.45, 7) is 6.73. The fourth-order valence-electron chi connectivity index (χ4n) is 1.59. The van der Waals surface area contributed by atoms with E-state index in [1.165, 1.54) is 36.4 Å². The Balaban J connectivity index is 0.000000260. The quantitative estimate of drug-likeness (QED) is 0.503. The molecule has 2 rings (SSSR count). The minimum absolute atomic E-state index is 0.00275. The van der Waals surface area contributed by atoms with Crippen molar-refractivity contribution < 1.29 is 25.2 Å². The topological polar surface area (TPSA) is 86.7 Å². The minimum Gasteiger partial charge on any atom is -0.262 e. The summed E-state index contributed by atoms with van der Waals surface area (Å²) in [4.78, 5) is 0.328. The van der Waals surface area contributed by atoms with Crippen molar-refractivity contribution in [2.75, 3.05) is 13.2 Å². The Morgan fingerprint density at radius 3 is 1.23 bits per heavy atom. The molecule has 0 unspecified atom stereocenters.